The van der Waals surface area contributed by atoms with E-state index in [0.29, 0.717) is 6.54 Å². The van der Waals surface area contributed by atoms with Gasteiger partial charge in [-0.2, -0.15) is 0 Å². The Hall–Kier alpha value is -2.79. The molecule has 2 heterocycles. The van der Waals surface area contributed by atoms with Crippen LogP contribution in [-0.2, 0) is 27.2 Å². The lowest BCUT2D eigenvalue weighted by molar-refractivity contribution is -0.147. The number of carbonyl (C=O) groups is 2. The first-order chi connectivity index (χ1) is 14.7. The van der Waals surface area contributed by atoms with Crippen molar-refractivity contribution in [1.29, 1.82) is 0 Å². The summed E-state index contributed by atoms with van der Waals surface area (Å²) in [6.07, 6.45) is 11.3. The van der Waals surface area contributed by atoms with Crippen molar-refractivity contribution in [1.82, 2.24) is 4.90 Å². The van der Waals surface area contributed by atoms with Crippen molar-refractivity contribution in [3.05, 3.63) is 83.0 Å². The quantitative estimate of drug-likeness (QED) is 0.547. The van der Waals surface area contributed by atoms with E-state index in [4.69, 9.17) is 4.74 Å². The summed E-state index contributed by atoms with van der Waals surface area (Å²) in [5.41, 5.74) is 4.12. The minimum absolute atomic E-state index is 0.0721. The summed E-state index contributed by atoms with van der Waals surface area (Å²) >= 11 is 1.77. The molecule has 0 saturated carbocycles. The van der Waals surface area contributed by atoms with Gasteiger partial charge in [0.2, 0.25) is 0 Å². The molecule has 2 aromatic rings. The topological polar surface area (TPSA) is 46.6 Å². The van der Waals surface area contributed by atoms with Crippen LogP contribution in [0.1, 0.15) is 22.1 Å². The molecule has 1 saturated heterocycles. The first-order valence-electron chi connectivity index (χ1n) is 10.4. The van der Waals surface area contributed by atoms with Crippen LogP contribution in [0, 0.1) is 5.92 Å². The Bertz CT molecular complexity index is 1170. The molecule has 4 nitrogen and oxygen atoms in total. The molecule has 2 aromatic carbocycles. The van der Waals surface area contributed by atoms with Gasteiger partial charge in [-0.25, -0.2) is 4.79 Å². The van der Waals surface area contributed by atoms with Crippen molar-refractivity contribution in [2.45, 2.75) is 24.3 Å². The number of ether oxygens (including phenoxy) is 1. The van der Waals surface area contributed by atoms with Crippen LogP contribution in [-0.4, -0.2) is 35.2 Å². The van der Waals surface area contributed by atoms with Gasteiger partial charge in [-0.1, -0.05) is 54.6 Å². The predicted octanol–water partition coefficient (Wildman–Crippen LogP) is 4.11. The molecule has 1 amide bonds. The summed E-state index contributed by atoms with van der Waals surface area (Å²) in [4.78, 5) is 27.9. The van der Waals surface area contributed by atoms with Crippen LogP contribution in [0.5, 0.6) is 0 Å². The largest absolute Gasteiger partial charge is 0.453 e. The van der Waals surface area contributed by atoms with E-state index in [2.05, 4.69) is 30.3 Å². The maximum atomic E-state index is 13.5. The van der Waals surface area contributed by atoms with Gasteiger partial charge in [-0.05, 0) is 46.4 Å². The Labute approximate surface area is 179 Å². The molecule has 1 fully saturated rings. The number of carbonyl (C=O) groups excluding carboxylic acids is 2. The average Bonchev–Trinajstić information content (AvgIpc) is 3.42. The van der Waals surface area contributed by atoms with Crippen LogP contribution in [0.15, 0.2) is 66.3 Å². The van der Waals surface area contributed by atoms with Gasteiger partial charge < -0.3 is 9.64 Å². The molecule has 0 bridgehead atoms. The fourth-order valence-electron chi connectivity index (χ4n) is 5.05. The molecular formula is C25H21NO3S. The monoisotopic (exact) mass is 415 g/mol. The Kier molecular flexibility index (Phi) is 4.13. The zero-order valence-electron chi connectivity index (χ0n) is 16.4. The molecule has 150 valence electrons. The lowest BCUT2D eigenvalue weighted by Crippen LogP contribution is -2.39. The second kappa shape index (κ2) is 6.88. The van der Waals surface area contributed by atoms with E-state index in [-0.39, 0.29) is 28.9 Å². The van der Waals surface area contributed by atoms with Crippen molar-refractivity contribution >= 4 is 34.4 Å². The number of amides is 1. The SMILES string of the molecule is O=C1O[C@H]2C=CC=C[C@@H]2C=C1C(=O)N1CCS[C@H]1c1ccc2c3c(cccc13)CC2. The summed E-state index contributed by atoms with van der Waals surface area (Å²) < 4.78 is 5.53. The number of rotatable bonds is 2. The van der Waals surface area contributed by atoms with Crippen molar-refractivity contribution in [3.63, 3.8) is 0 Å². The summed E-state index contributed by atoms with van der Waals surface area (Å²) in [5.74, 6) is 0.0464. The molecule has 0 unspecified atom stereocenters. The minimum atomic E-state index is -0.516. The lowest BCUT2D eigenvalue weighted by Gasteiger charge is -2.30. The standard InChI is InChI=1S/C25H21NO3S/c27-23(20-14-17-4-1-2-7-21(17)29-25(20)28)26-12-13-30-24(26)19-11-10-16-9-8-15-5-3-6-18(19)22(15)16/h1-7,10-11,14,17,21,24H,8-9,12-13H2/t17-,21+,24+/m1/s1. The van der Waals surface area contributed by atoms with Crippen LogP contribution in [0.25, 0.3) is 10.8 Å². The third-order valence-electron chi connectivity index (χ3n) is 6.51. The van der Waals surface area contributed by atoms with Gasteiger partial charge in [-0.3, -0.25) is 4.79 Å². The molecule has 2 aliphatic carbocycles. The Morgan fingerprint density at radius 2 is 1.90 bits per heavy atom. The Morgan fingerprint density at radius 1 is 1.07 bits per heavy atom. The zero-order valence-corrected chi connectivity index (χ0v) is 17.2. The number of hydrogen-bond acceptors (Lipinski definition) is 4. The fourth-order valence-corrected chi connectivity index (χ4v) is 6.34. The molecule has 3 atom stereocenters. The Morgan fingerprint density at radius 3 is 2.80 bits per heavy atom. The highest BCUT2D eigenvalue weighted by Gasteiger charge is 2.39. The third-order valence-corrected chi connectivity index (χ3v) is 7.75. The molecule has 4 aliphatic rings. The molecule has 0 aromatic heterocycles. The first-order valence-corrected chi connectivity index (χ1v) is 11.5. The van der Waals surface area contributed by atoms with E-state index in [0.717, 1.165) is 24.2 Å². The average molecular weight is 416 g/mol. The lowest BCUT2D eigenvalue weighted by atomic mass is 9.92. The second-order valence-corrected chi connectivity index (χ2v) is 9.36. The van der Waals surface area contributed by atoms with Crippen molar-refractivity contribution in [3.8, 4) is 0 Å². The normalized spacial score (nSPS) is 26.7. The van der Waals surface area contributed by atoms with E-state index >= 15 is 0 Å². The van der Waals surface area contributed by atoms with Crippen molar-refractivity contribution < 1.29 is 14.3 Å². The highest BCUT2D eigenvalue weighted by Crippen LogP contribution is 2.44. The van der Waals surface area contributed by atoms with Gasteiger partial charge >= 0.3 is 5.97 Å². The van der Waals surface area contributed by atoms with E-state index in [1.807, 2.05) is 29.2 Å². The summed E-state index contributed by atoms with van der Waals surface area (Å²) in [5, 5.41) is 2.50. The van der Waals surface area contributed by atoms with E-state index in [1.54, 1.807) is 17.8 Å². The summed E-state index contributed by atoms with van der Waals surface area (Å²) in [6, 6.07) is 10.9. The number of nitrogens with zero attached hydrogens (tertiary/aromatic N) is 1. The number of thioether (sulfide) groups is 1. The van der Waals surface area contributed by atoms with E-state index < -0.39 is 5.97 Å². The summed E-state index contributed by atoms with van der Waals surface area (Å²) in [6.45, 7) is 0.631. The maximum absolute atomic E-state index is 13.5. The maximum Gasteiger partial charge on any atom is 0.344 e. The van der Waals surface area contributed by atoms with Crippen molar-refractivity contribution in [2.75, 3.05) is 12.3 Å². The van der Waals surface area contributed by atoms with Gasteiger partial charge in [0, 0.05) is 18.2 Å². The summed E-state index contributed by atoms with van der Waals surface area (Å²) in [7, 11) is 0. The van der Waals surface area contributed by atoms with Gasteiger partial charge in [-0.15, -0.1) is 11.8 Å². The number of esters is 1. The van der Waals surface area contributed by atoms with Gasteiger partial charge in [0.25, 0.3) is 5.91 Å². The van der Waals surface area contributed by atoms with Crippen molar-refractivity contribution in [2.24, 2.45) is 5.92 Å². The molecule has 2 aliphatic heterocycles. The van der Waals surface area contributed by atoms with Gasteiger partial charge in [0.05, 0.1) is 0 Å². The second-order valence-electron chi connectivity index (χ2n) is 8.17. The van der Waals surface area contributed by atoms with Crippen LogP contribution >= 0.6 is 11.8 Å². The molecule has 0 N–H and O–H groups in total. The molecule has 30 heavy (non-hydrogen) atoms. The highest BCUT2D eigenvalue weighted by atomic mass is 32.2. The van der Waals surface area contributed by atoms with Gasteiger partial charge in [0.1, 0.15) is 17.1 Å². The third kappa shape index (κ3) is 2.68. The van der Waals surface area contributed by atoms with Crippen LogP contribution in [0.2, 0.25) is 0 Å². The number of hydrogen-bond donors (Lipinski definition) is 0. The minimum Gasteiger partial charge on any atom is -0.453 e. The molecular weight excluding hydrogens is 394 g/mol. The van der Waals surface area contributed by atoms with Crippen LogP contribution in [0.3, 0.4) is 0 Å². The molecule has 0 radical (unpaired) electrons. The molecule has 0 spiro atoms. The number of benzene rings is 2. The van der Waals surface area contributed by atoms with Crippen LogP contribution < -0.4 is 0 Å². The predicted molar refractivity (Wildman–Crippen MR) is 118 cm³/mol. The molecule has 5 heteroatoms. The van der Waals surface area contributed by atoms with Gasteiger partial charge in [0.15, 0.2) is 0 Å². The fraction of sp³-hybridized carbons (Fsp3) is 0.280. The highest BCUT2D eigenvalue weighted by molar-refractivity contribution is 7.99. The van der Waals surface area contributed by atoms with E-state index in [1.165, 1.54) is 21.9 Å². The van der Waals surface area contributed by atoms with Crippen LogP contribution in [0.4, 0.5) is 0 Å². The Balaban J connectivity index is 1.37. The zero-order chi connectivity index (χ0) is 20.2. The number of allylic oxidation sites excluding steroid dienone is 2. The number of aryl methyl sites for hydroxylation is 2. The molecule has 6 rings (SSSR count). The van der Waals surface area contributed by atoms with E-state index in [9.17, 15) is 9.59 Å². The smallest absolute Gasteiger partial charge is 0.344 e. The first kappa shape index (κ1) is 18.0. The number of fused-ring (bicyclic) bond motifs is 1.